The molecule has 4 aromatic rings. The zero-order valence-corrected chi connectivity index (χ0v) is 24.0. The molecule has 3 aliphatic rings. The lowest BCUT2D eigenvalue weighted by atomic mass is 9.60. The third kappa shape index (κ3) is 3.72. The number of hydrogen-bond acceptors (Lipinski definition) is 9. The summed E-state index contributed by atoms with van der Waals surface area (Å²) in [5, 5.41) is 0. The van der Waals surface area contributed by atoms with Gasteiger partial charge in [0, 0.05) is 34.6 Å². The largest absolute Gasteiger partial charge is 0.497 e. The van der Waals surface area contributed by atoms with E-state index in [0.29, 0.717) is 16.8 Å². The number of hydrogen-bond donors (Lipinski definition) is 0. The van der Waals surface area contributed by atoms with Crippen molar-refractivity contribution >= 4 is 32.9 Å². The van der Waals surface area contributed by atoms with Gasteiger partial charge >= 0.3 is 10.1 Å². The molecule has 7 rings (SSSR count). The van der Waals surface area contributed by atoms with E-state index in [1.54, 1.807) is 32.4 Å². The molecule has 2 aliphatic carbocycles. The summed E-state index contributed by atoms with van der Waals surface area (Å²) < 4.78 is 60.1. The lowest BCUT2D eigenvalue weighted by Crippen LogP contribution is -2.51. The molecule has 10 heteroatoms. The van der Waals surface area contributed by atoms with E-state index in [0.717, 1.165) is 73.7 Å². The topological polar surface area (TPSA) is 96.8 Å². The van der Waals surface area contributed by atoms with Crippen LogP contribution in [0.5, 0.6) is 23.0 Å². The Kier molecular flexibility index (Phi) is 5.98. The summed E-state index contributed by atoms with van der Waals surface area (Å²) in [5.74, 6) is 2.43. The Labute approximate surface area is 237 Å². The SMILES string of the molecule is COc1ccc2c(c1)O[C@@]1(c3ccc(OC)cc3OS(=O)(=O)c3cccc4nsnc34)CCC[C@H]1C21CCCC1. The van der Waals surface area contributed by atoms with Crippen molar-refractivity contribution in [2.45, 2.75) is 60.9 Å². The minimum Gasteiger partial charge on any atom is -0.497 e. The quantitative estimate of drug-likeness (QED) is 0.243. The highest BCUT2D eigenvalue weighted by atomic mass is 32.2. The molecule has 2 heterocycles. The van der Waals surface area contributed by atoms with Crippen LogP contribution in [0.25, 0.3) is 11.0 Å². The first kappa shape index (κ1) is 25.6. The first-order valence-electron chi connectivity index (χ1n) is 13.6. The molecule has 8 nitrogen and oxygen atoms in total. The molecule has 1 aliphatic heterocycles. The highest BCUT2D eigenvalue weighted by molar-refractivity contribution is 7.87. The minimum absolute atomic E-state index is 0.0140. The van der Waals surface area contributed by atoms with E-state index < -0.39 is 15.7 Å². The summed E-state index contributed by atoms with van der Waals surface area (Å²) in [6.45, 7) is 0. The van der Waals surface area contributed by atoms with Crippen LogP contribution < -0.4 is 18.4 Å². The molecule has 0 amide bonds. The van der Waals surface area contributed by atoms with Crippen LogP contribution in [-0.4, -0.2) is 31.4 Å². The number of fused-ring (bicyclic) bond motifs is 5. The maximum Gasteiger partial charge on any atom is 0.341 e. The number of benzene rings is 3. The number of aromatic nitrogens is 2. The molecule has 0 saturated heterocycles. The van der Waals surface area contributed by atoms with Crippen molar-refractivity contribution in [1.82, 2.24) is 8.75 Å². The third-order valence-corrected chi connectivity index (χ3v) is 11.0. The smallest absolute Gasteiger partial charge is 0.341 e. The molecule has 0 unspecified atom stereocenters. The van der Waals surface area contributed by atoms with Gasteiger partial charge < -0.3 is 18.4 Å². The first-order chi connectivity index (χ1) is 19.4. The van der Waals surface area contributed by atoms with Gasteiger partial charge in [0.1, 0.15) is 38.8 Å². The standard InChI is InChI=1S/C30H30N2O6S2/c1-35-19-10-12-21-24(17-19)37-30(16-6-9-27(30)29(21)14-3-4-15-29)22-13-11-20(36-2)18-25(22)38-40(33,34)26-8-5-7-23-28(26)32-39-31-23/h5,7-8,10-13,17-18,27H,3-4,6,9,14-16H2,1-2H3/t27-,30+/m0/s1. The maximum atomic E-state index is 13.8. The Bertz CT molecular complexity index is 1710. The van der Waals surface area contributed by atoms with Gasteiger partial charge in [-0.05, 0) is 62.4 Å². The van der Waals surface area contributed by atoms with Crippen LogP contribution in [0.3, 0.4) is 0 Å². The van der Waals surface area contributed by atoms with Gasteiger partial charge in [0.2, 0.25) is 0 Å². The van der Waals surface area contributed by atoms with E-state index in [2.05, 4.69) is 14.8 Å². The number of nitrogens with zero attached hydrogens (tertiary/aromatic N) is 2. The average Bonchev–Trinajstić information content (AvgIpc) is 3.73. The van der Waals surface area contributed by atoms with Crippen molar-refractivity contribution < 1.29 is 26.8 Å². The number of methoxy groups -OCH3 is 2. The Morgan fingerprint density at radius 3 is 2.42 bits per heavy atom. The zero-order valence-electron chi connectivity index (χ0n) is 22.4. The second kappa shape index (κ2) is 9.34. The lowest BCUT2D eigenvalue weighted by molar-refractivity contribution is -0.0360. The molecule has 1 aromatic heterocycles. The molecule has 2 atom stereocenters. The zero-order chi connectivity index (χ0) is 27.5. The van der Waals surface area contributed by atoms with E-state index in [4.69, 9.17) is 18.4 Å². The van der Waals surface area contributed by atoms with Crippen LogP contribution in [0.15, 0.2) is 59.5 Å². The van der Waals surface area contributed by atoms with E-state index in [-0.39, 0.29) is 22.0 Å². The summed E-state index contributed by atoms with van der Waals surface area (Å²) in [5.41, 5.74) is 1.97. The molecule has 2 fully saturated rings. The highest BCUT2D eigenvalue weighted by Crippen LogP contribution is 2.66. The second-order valence-electron chi connectivity index (χ2n) is 10.9. The molecule has 1 spiro atoms. The van der Waals surface area contributed by atoms with Crippen LogP contribution in [-0.2, 0) is 21.1 Å². The minimum atomic E-state index is -4.25. The predicted octanol–water partition coefficient (Wildman–Crippen LogP) is 6.38. The van der Waals surface area contributed by atoms with Gasteiger partial charge in [-0.15, -0.1) is 0 Å². The van der Waals surface area contributed by atoms with E-state index >= 15 is 0 Å². The van der Waals surface area contributed by atoms with Crippen molar-refractivity contribution in [2.24, 2.45) is 5.92 Å². The van der Waals surface area contributed by atoms with Crippen molar-refractivity contribution in [3.05, 3.63) is 65.7 Å². The molecule has 2 saturated carbocycles. The van der Waals surface area contributed by atoms with Crippen molar-refractivity contribution in [2.75, 3.05) is 14.2 Å². The fourth-order valence-corrected chi connectivity index (χ4v) is 9.23. The van der Waals surface area contributed by atoms with Crippen LogP contribution in [0.4, 0.5) is 0 Å². The van der Waals surface area contributed by atoms with Gasteiger partial charge in [-0.1, -0.05) is 25.0 Å². The molecule has 208 valence electrons. The molecule has 0 bridgehead atoms. The van der Waals surface area contributed by atoms with Crippen molar-refractivity contribution in [3.63, 3.8) is 0 Å². The molecular weight excluding hydrogens is 548 g/mol. The van der Waals surface area contributed by atoms with Gasteiger partial charge in [-0.2, -0.15) is 17.2 Å². The Morgan fingerprint density at radius 2 is 1.65 bits per heavy atom. The predicted molar refractivity (Wildman–Crippen MR) is 151 cm³/mol. The molecule has 3 aromatic carbocycles. The Morgan fingerprint density at radius 1 is 0.900 bits per heavy atom. The van der Waals surface area contributed by atoms with Gasteiger partial charge in [-0.3, -0.25) is 0 Å². The fourth-order valence-electron chi connectivity index (χ4n) is 7.53. The second-order valence-corrected chi connectivity index (χ2v) is 13.0. The highest BCUT2D eigenvalue weighted by Gasteiger charge is 2.62. The Hall–Kier alpha value is -3.37. The first-order valence-corrected chi connectivity index (χ1v) is 15.8. The van der Waals surface area contributed by atoms with Crippen molar-refractivity contribution in [1.29, 1.82) is 0 Å². The van der Waals surface area contributed by atoms with Gasteiger partial charge in [0.25, 0.3) is 0 Å². The molecule has 0 radical (unpaired) electrons. The maximum absolute atomic E-state index is 13.8. The third-order valence-electron chi connectivity index (χ3n) is 9.15. The summed E-state index contributed by atoms with van der Waals surface area (Å²) >= 11 is 0.970. The van der Waals surface area contributed by atoms with Crippen LogP contribution in [0, 0.1) is 5.92 Å². The monoisotopic (exact) mass is 578 g/mol. The lowest BCUT2D eigenvalue weighted by Gasteiger charge is -2.51. The van der Waals surface area contributed by atoms with Crippen LogP contribution in [0.2, 0.25) is 0 Å². The van der Waals surface area contributed by atoms with Crippen molar-refractivity contribution in [3.8, 4) is 23.0 Å². The normalized spacial score (nSPS) is 23.0. The van der Waals surface area contributed by atoms with E-state index in [1.165, 1.54) is 11.6 Å². The fraction of sp³-hybridized carbons (Fsp3) is 0.400. The number of ether oxygens (including phenoxy) is 3. The average molecular weight is 579 g/mol. The van der Waals surface area contributed by atoms with Crippen LogP contribution >= 0.6 is 11.7 Å². The van der Waals surface area contributed by atoms with Gasteiger partial charge in [0.05, 0.1) is 25.9 Å². The summed E-state index contributed by atoms with van der Waals surface area (Å²) in [4.78, 5) is -0.0140. The molecule has 40 heavy (non-hydrogen) atoms. The molecular formula is C30H30N2O6S2. The molecule has 0 N–H and O–H groups in total. The summed E-state index contributed by atoms with van der Waals surface area (Å²) in [6, 6.07) is 16.5. The van der Waals surface area contributed by atoms with E-state index in [9.17, 15) is 8.42 Å². The summed E-state index contributed by atoms with van der Waals surface area (Å²) in [6.07, 6.45) is 7.18. The Balaban J connectivity index is 1.40. The number of rotatable bonds is 6. The van der Waals surface area contributed by atoms with Gasteiger partial charge in [0.15, 0.2) is 5.75 Å². The van der Waals surface area contributed by atoms with Gasteiger partial charge in [-0.25, -0.2) is 0 Å². The summed E-state index contributed by atoms with van der Waals surface area (Å²) in [7, 11) is -1.04. The van der Waals surface area contributed by atoms with Crippen LogP contribution in [0.1, 0.15) is 56.1 Å². The van der Waals surface area contributed by atoms with E-state index in [1.807, 2.05) is 24.3 Å².